The van der Waals surface area contributed by atoms with Crippen molar-refractivity contribution in [2.75, 3.05) is 7.11 Å². The summed E-state index contributed by atoms with van der Waals surface area (Å²) in [6, 6.07) is 13.4. The fourth-order valence-corrected chi connectivity index (χ4v) is 3.88. The molecule has 32 heavy (non-hydrogen) atoms. The van der Waals surface area contributed by atoms with E-state index in [1.165, 1.54) is 18.4 Å². The van der Waals surface area contributed by atoms with Crippen LogP contribution in [0.3, 0.4) is 0 Å². The molecule has 1 heterocycles. The van der Waals surface area contributed by atoms with E-state index < -0.39 is 11.6 Å². The van der Waals surface area contributed by atoms with Crippen molar-refractivity contribution < 1.29 is 19.1 Å². The van der Waals surface area contributed by atoms with Crippen LogP contribution < -0.4 is 0 Å². The predicted molar refractivity (Wildman–Crippen MR) is 128 cm³/mol. The molecule has 5 nitrogen and oxygen atoms in total. The molecule has 0 saturated carbocycles. The summed E-state index contributed by atoms with van der Waals surface area (Å²) in [5.74, 6) is -0.775. The number of carbonyl (C=O) groups is 2. The van der Waals surface area contributed by atoms with Crippen LogP contribution in [0.1, 0.15) is 47.1 Å². The molecule has 0 bridgehead atoms. The SMILES string of the molecule is COC(=O)c1ccc(C/C(=C\c2cncs2)C(=O)OC(C)(C)C)cc1-c1ccccc1C. The molecule has 0 N–H and O–H groups in total. The maximum atomic E-state index is 12.9. The lowest BCUT2D eigenvalue weighted by molar-refractivity contribution is -0.149. The third-order valence-electron chi connectivity index (χ3n) is 4.75. The number of benzene rings is 2. The molecular weight excluding hydrogens is 422 g/mol. The van der Waals surface area contributed by atoms with Crippen molar-refractivity contribution in [2.45, 2.75) is 39.7 Å². The summed E-state index contributed by atoms with van der Waals surface area (Å²) >= 11 is 1.45. The molecule has 6 heteroatoms. The molecule has 3 rings (SSSR count). The van der Waals surface area contributed by atoms with Gasteiger partial charge in [-0.25, -0.2) is 9.59 Å². The summed E-state index contributed by atoms with van der Waals surface area (Å²) in [5.41, 5.74) is 5.76. The molecule has 0 spiro atoms. The normalized spacial score (nSPS) is 11.8. The van der Waals surface area contributed by atoms with Crippen molar-refractivity contribution in [1.82, 2.24) is 4.98 Å². The summed E-state index contributed by atoms with van der Waals surface area (Å²) in [4.78, 5) is 30.3. The summed E-state index contributed by atoms with van der Waals surface area (Å²) in [7, 11) is 1.37. The van der Waals surface area contributed by atoms with E-state index in [1.54, 1.807) is 17.8 Å². The minimum absolute atomic E-state index is 0.354. The molecule has 0 saturated heterocycles. The second-order valence-electron chi connectivity index (χ2n) is 8.44. The van der Waals surface area contributed by atoms with Gasteiger partial charge in [-0.1, -0.05) is 30.3 Å². The van der Waals surface area contributed by atoms with Crippen LogP contribution in [0.25, 0.3) is 17.2 Å². The molecule has 1 aromatic heterocycles. The molecule has 0 aliphatic carbocycles. The maximum Gasteiger partial charge on any atom is 0.338 e. The van der Waals surface area contributed by atoms with Crippen LogP contribution in [0.5, 0.6) is 0 Å². The van der Waals surface area contributed by atoms with Gasteiger partial charge in [0.1, 0.15) is 5.60 Å². The first-order valence-electron chi connectivity index (χ1n) is 10.3. The number of methoxy groups -OCH3 is 1. The maximum absolute atomic E-state index is 12.9. The Morgan fingerprint density at radius 2 is 1.84 bits per heavy atom. The fraction of sp³-hybridized carbons (Fsp3) is 0.269. The minimum Gasteiger partial charge on any atom is -0.465 e. The molecule has 3 aromatic rings. The number of carbonyl (C=O) groups excluding carboxylic acids is 2. The summed E-state index contributed by atoms with van der Waals surface area (Å²) < 4.78 is 10.6. The van der Waals surface area contributed by atoms with E-state index in [2.05, 4.69) is 4.98 Å². The molecule has 2 aromatic carbocycles. The molecule has 0 amide bonds. The van der Waals surface area contributed by atoms with E-state index in [1.807, 2.05) is 70.2 Å². The zero-order valence-corrected chi connectivity index (χ0v) is 19.8. The monoisotopic (exact) mass is 449 g/mol. The predicted octanol–water partition coefficient (Wildman–Crippen LogP) is 5.87. The molecule has 0 radical (unpaired) electrons. The Kier molecular flexibility index (Phi) is 7.26. The number of esters is 2. The van der Waals surface area contributed by atoms with Crippen molar-refractivity contribution in [3.8, 4) is 11.1 Å². The Balaban J connectivity index is 2.05. The fourth-order valence-electron chi connectivity index (χ4n) is 3.30. The number of thiazole rings is 1. The smallest absolute Gasteiger partial charge is 0.338 e. The molecular formula is C26H27NO4S. The van der Waals surface area contributed by atoms with Crippen molar-refractivity contribution in [3.05, 3.63) is 81.3 Å². The quantitative estimate of drug-likeness (QED) is 0.348. The lowest BCUT2D eigenvalue weighted by atomic mass is 9.92. The van der Waals surface area contributed by atoms with Gasteiger partial charge in [0, 0.05) is 23.1 Å². The van der Waals surface area contributed by atoms with E-state index in [9.17, 15) is 9.59 Å². The van der Waals surface area contributed by atoms with Crippen LogP contribution in [0, 0.1) is 6.92 Å². The first-order chi connectivity index (χ1) is 15.2. The Hall–Kier alpha value is -3.25. The van der Waals surface area contributed by atoms with Gasteiger partial charge in [-0.3, -0.25) is 4.98 Å². The largest absolute Gasteiger partial charge is 0.465 e. The van der Waals surface area contributed by atoms with Crippen LogP contribution in [-0.4, -0.2) is 29.6 Å². The first kappa shape index (κ1) is 23.4. The van der Waals surface area contributed by atoms with Gasteiger partial charge in [-0.2, -0.15) is 0 Å². The molecule has 0 aliphatic rings. The summed E-state index contributed by atoms with van der Waals surface area (Å²) in [6.45, 7) is 7.53. The van der Waals surface area contributed by atoms with Crippen LogP contribution in [0.2, 0.25) is 0 Å². The third kappa shape index (κ3) is 5.92. The van der Waals surface area contributed by atoms with E-state index in [4.69, 9.17) is 9.47 Å². The van der Waals surface area contributed by atoms with Crippen LogP contribution in [-0.2, 0) is 20.7 Å². The zero-order chi connectivity index (χ0) is 23.3. The molecule has 0 atom stereocenters. The standard InChI is InChI=1S/C26H27NO4S/c1-17-8-6-7-9-21(17)23-13-18(10-11-22(23)25(29)30-5)12-19(14-20-15-27-16-32-20)24(28)31-26(2,3)4/h6-11,13-16H,12H2,1-5H3/b19-14+. The number of hydrogen-bond acceptors (Lipinski definition) is 6. The van der Waals surface area contributed by atoms with Gasteiger partial charge >= 0.3 is 11.9 Å². The number of hydrogen-bond donors (Lipinski definition) is 0. The average molecular weight is 450 g/mol. The van der Waals surface area contributed by atoms with Crippen LogP contribution in [0.4, 0.5) is 0 Å². The third-order valence-corrected chi connectivity index (χ3v) is 5.47. The van der Waals surface area contributed by atoms with Crippen LogP contribution in [0.15, 0.2) is 59.7 Å². The van der Waals surface area contributed by atoms with Crippen molar-refractivity contribution in [2.24, 2.45) is 0 Å². The highest BCUT2D eigenvalue weighted by Gasteiger charge is 2.22. The molecule has 166 valence electrons. The topological polar surface area (TPSA) is 65.5 Å². The lowest BCUT2D eigenvalue weighted by Gasteiger charge is -2.21. The van der Waals surface area contributed by atoms with Gasteiger partial charge in [-0.05, 0) is 68.2 Å². The van der Waals surface area contributed by atoms with Crippen LogP contribution >= 0.6 is 11.3 Å². The second kappa shape index (κ2) is 9.92. The number of rotatable bonds is 6. The van der Waals surface area contributed by atoms with Gasteiger partial charge in [0.15, 0.2) is 0 Å². The van der Waals surface area contributed by atoms with Crippen molar-refractivity contribution >= 4 is 29.4 Å². The second-order valence-corrected chi connectivity index (χ2v) is 9.36. The van der Waals surface area contributed by atoms with E-state index in [0.29, 0.717) is 17.6 Å². The number of aromatic nitrogens is 1. The van der Waals surface area contributed by atoms with Crippen molar-refractivity contribution in [3.63, 3.8) is 0 Å². The van der Waals surface area contributed by atoms with Gasteiger partial charge in [-0.15, -0.1) is 11.3 Å². The Morgan fingerprint density at radius 3 is 2.47 bits per heavy atom. The summed E-state index contributed by atoms with van der Waals surface area (Å²) in [5, 5.41) is 0. The van der Waals surface area contributed by atoms with Gasteiger partial charge in [0.25, 0.3) is 0 Å². The van der Waals surface area contributed by atoms with Gasteiger partial charge in [0.2, 0.25) is 0 Å². The highest BCUT2D eigenvalue weighted by atomic mass is 32.1. The van der Waals surface area contributed by atoms with E-state index in [-0.39, 0.29) is 5.97 Å². The molecule has 0 unspecified atom stereocenters. The minimum atomic E-state index is -0.606. The average Bonchev–Trinajstić information content (AvgIpc) is 3.25. The molecule has 0 aliphatic heterocycles. The molecule has 0 fully saturated rings. The van der Waals surface area contributed by atoms with E-state index in [0.717, 1.165) is 27.1 Å². The number of ether oxygens (including phenoxy) is 2. The first-order valence-corrected chi connectivity index (χ1v) is 11.2. The summed E-state index contributed by atoms with van der Waals surface area (Å²) in [6.07, 6.45) is 3.88. The number of aryl methyl sites for hydroxylation is 1. The Bertz CT molecular complexity index is 1140. The van der Waals surface area contributed by atoms with Gasteiger partial charge < -0.3 is 9.47 Å². The van der Waals surface area contributed by atoms with E-state index >= 15 is 0 Å². The zero-order valence-electron chi connectivity index (χ0n) is 19.0. The van der Waals surface area contributed by atoms with Crippen molar-refractivity contribution in [1.29, 1.82) is 0 Å². The highest BCUT2D eigenvalue weighted by molar-refractivity contribution is 7.10. The van der Waals surface area contributed by atoms with Gasteiger partial charge in [0.05, 0.1) is 18.2 Å². The Morgan fingerprint density at radius 1 is 1.09 bits per heavy atom. The Labute approximate surface area is 192 Å². The lowest BCUT2D eigenvalue weighted by Crippen LogP contribution is -2.25. The number of nitrogens with zero attached hydrogens (tertiary/aromatic N) is 1. The highest BCUT2D eigenvalue weighted by Crippen LogP contribution is 2.30.